The number of hydrogen-bond donors (Lipinski definition) is 2. The Morgan fingerprint density at radius 2 is 2.30 bits per heavy atom. The second-order valence-corrected chi connectivity index (χ2v) is 6.11. The molecule has 2 unspecified atom stereocenters. The maximum atomic E-state index is 11.1. The summed E-state index contributed by atoms with van der Waals surface area (Å²) in [5, 5.41) is 19.7. The van der Waals surface area contributed by atoms with Crippen molar-refractivity contribution in [3.05, 3.63) is 23.7 Å². The lowest BCUT2D eigenvalue weighted by molar-refractivity contribution is -0.0968. The maximum absolute atomic E-state index is 11.1. The summed E-state index contributed by atoms with van der Waals surface area (Å²) in [5.74, 6) is -0.657. The van der Waals surface area contributed by atoms with Crippen molar-refractivity contribution in [1.82, 2.24) is 4.90 Å². The number of aliphatic hydroxyl groups is 1. The van der Waals surface area contributed by atoms with Gasteiger partial charge in [0.05, 0.1) is 11.9 Å². The average molecular weight is 279 g/mol. The van der Waals surface area contributed by atoms with Crippen LogP contribution >= 0.6 is 0 Å². The molecule has 1 aromatic heterocycles. The Morgan fingerprint density at radius 1 is 1.45 bits per heavy atom. The smallest absolute Gasteiger partial charge is 0.372 e. The molecule has 0 amide bonds. The van der Waals surface area contributed by atoms with Gasteiger partial charge in [-0.05, 0) is 25.3 Å². The number of hydrogen-bond acceptors (Lipinski definition) is 4. The molecule has 5 nitrogen and oxygen atoms in total. The Bertz CT molecular complexity index is 498. The Morgan fingerprint density at radius 3 is 3.10 bits per heavy atom. The van der Waals surface area contributed by atoms with Gasteiger partial charge in [0.25, 0.3) is 0 Å². The molecule has 0 radical (unpaired) electrons. The van der Waals surface area contributed by atoms with Gasteiger partial charge in [0.15, 0.2) is 0 Å². The summed E-state index contributed by atoms with van der Waals surface area (Å²) in [6, 6.07) is 1.73. The second-order valence-electron chi connectivity index (χ2n) is 6.11. The van der Waals surface area contributed by atoms with E-state index in [-0.39, 0.29) is 5.76 Å². The van der Waals surface area contributed by atoms with E-state index in [0.717, 1.165) is 44.3 Å². The van der Waals surface area contributed by atoms with Gasteiger partial charge >= 0.3 is 5.97 Å². The minimum Gasteiger partial charge on any atom is -0.475 e. The summed E-state index contributed by atoms with van der Waals surface area (Å²) >= 11 is 0. The number of carboxylic acids is 1. The van der Waals surface area contributed by atoms with Gasteiger partial charge < -0.3 is 14.6 Å². The predicted molar refractivity (Wildman–Crippen MR) is 72.5 cm³/mol. The van der Waals surface area contributed by atoms with Crippen molar-refractivity contribution >= 4 is 5.97 Å². The zero-order valence-corrected chi connectivity index (χ0v) is 11.5. The molecule has 2 aliphatic rings. The van der Waals surface area contributed by atoms with Crippen molar-refractivity contribution in [2.45, 2.75) is 44.2 Å². The summed E-state index contributed by atoms with van der Waals surface area (Å²) in [5.41, 5.74) is 0.236. The van der Waals surface area contributed by atoms with Crippen LogP contribution in [0.5, 0.6) is 0 Å². The fourth-order valence-electron chi connectivity index (χ4n) is 3.67. The first-order chi connectivity index (χ1) is 9.58. The van der Waals surface area contributed by atoms with E-state index < -0.39 is 11.6 Å². The third kappa shape index (κ3) is 2.47. The van der Waals surface area contributed by atoms with E-state index in [1.54, 1.807) is 6.07 Å². The molecule has 1 saturated carbocycles. The van der Waals surface area contributed by atoms with Crippen LogP contribution in [0, 0.1) is 5.92 Å². The SMILES string of the molecule is O=C(O)c1occc1CN1CCC2(O)CCCCC2C1. The van der Waals surface area contributed by atoms with Crippen LogP contribution in [0.25, 0.3) is 0 Å². The zero-order chi connectivity index (χ0) is 14.2. The van der Waals surface area contributed by atoms with Crippen LogP contribution in [0.3, 0.4) is 0 Å². The number of likely N-dealkylation sites (tertiary alicyclic amines) is 1. The molecular weight excluding hydrogens is 258 g/mol. The van der Waals surface area contributed by atoms with Gasteiger partial charge in [0.1, 0.15) is 0 Å². The summed E-state index contributed by atoms with van der Waals surface area (Å²) < 4.78 is 5.02. The normalized spacial score (nSPS) is 30.9. The van der Waals surface area contributed by atoms with Gasteiger partial charge in [-0.2, -0.15) is 0 Å². The summed E-state index contributed by atoms with van der Waals surface area (Å²) in [7, 11) is 0. The average Bonchev–Trinajstić information content (AvgIpc) is 2.87. The van der Waals surface area contributed by atoms with Crippen LogP contribution in [-0.2, 0) is 6.54 Å². The number of furan rings is 1. The molecule has 0 spiro atoms. The van der Waals surface area contributed by atoms with Crippen molar-refractivity contribution in [3.63, 3.8) is 0 Å². The van der Waals surface area contributed by atoms with Crippen molar-refractivity contribution < 1.29 is 19.4 Å². The highest BCUT2D eigenvalue weighted by Gasteiger charge is 2.42. The molecule has 2 atom stereocenters. The molecule has 0 bridgehead atoms. The Kier molecular flexibility index (Phi) is 3.56. The largest absolute Gasteiger partial charge is 0.475 e. The van der Waals surface area contributed by atoms with Crippen LogP contribution in [0.4, 0.5) is 0 Å². The molecule has 110 valence electrons. The first kappa shape index (κ1) is 13.6. The van der Waals surface area contributed by atoms with E-state index >= 15 is 0 Å². The van der Waals surface area contributed by atoms with Crippen LogP contribution in [-0.4, -0.2) is 39.8 Å². The van der Waals surface area contributed by atoms with Gasteiger partial charge in [0, 0.05) is 31.1 Å². The van der Waals surface area contributed by atoms with E-state index in [2.05, 4.69) is 4.90 Å². The third-order valence-electron chi connectivity index (χ3n) is 4.85. The molecule has 1 aromatic rings. The van der Waals surface area contributed by atoms with Crippen molar-refractivity contribution in [2.75, 3.05) is 13.1 Å². The van der Waals surface area contributed by atoms with E-state index in [4.69, 9.17) is 9.52 Å². The fourth-order valence-corrected chi connectivity index (χ4v) is 3.67. The van der Waals surface area contributed by atoms with Crippen LogP contribution < -0.4 is 0 Å². The first-order valence-electron chi connectivity index (χ1n) is 7.33. The van der Waals surface area contributed by atoms with Crippen LogP contribution in [0.15, 0.2) is 16.7 Å². The maximum Gasteiger partial charge on any atom is 0.372 e. The van der Waals surface area contributed by atoms with Gasteiger partial charge in [-0.15, -0.1) is 0 Å². The molecule has 1 aliphatic heterocycles. The highest BCUT2D eigenvalue weighted by atomic mass is 16.4. The Balaban J connectivity index is 1.68. The monoisotopic (exact) mass is 279 g/mol. The number of rotatable bonds is 3. The van der Waals surface area contributed by atoms with Crippen LogP contribution in [0.1, 0.15) is 48.2 Å². The molecule has 5 heteroatoms. The molecule has 2 heterocycles. The molecule has 0 aromatic carbocycles. The number of aromatic carboxylic acids is 1. The molecule has 2 fully saturated rings. The highest BCUT2D eigenvalue weighted by molar-refractivity contribution is 5.86. The lowest BCUT2D eigenvalue weighted by Crippen LogP contribution is -2.53. The number of fused-ring (bicyclic) bond motifs is 1. The lowest BCUT2D eigenvalue weighted by Gasteiger charge is -2.47. The van der Waals surface area contributed by atoms with Crippen molar-refractivity contribution in [3.8, 4) is 0 Å². The number of carboxylic acid groups (broad SMARTS) is 1. The highest BCUT2D eigenvalue weighted by Crippen LogP contribution is 2.40. The molecule has 1 saturated heterocycles. The Hall–Kier alpha value is -1.33. The van der Waals surface area contributed by atoms with Gasteiger partial charge in [-0.3, -0.25) is 4.90 Å². The minimum atomic E-state index is -1.02. The van der Waals surface area contributed by atoms with E-state index in [0.29, 0.717) is 12.5 Å². The third-order valence-corrected chi connectivity index (χ3v) is 4.85. The summed E-state index contributed by atoms with van der Waals surface area (Å²) in [4.78, 5) is 13.3. The quantitative estimate of drug-likeness (QED) is 0.886. The molecule has 3 rings (SSSR count). The van der Waals surface area contributed by atoms with Crippen molar-refractivity contribution in [2.24, 2.45) is 5.92 Å². The van der Waals surface area contributed by atoms with Crippen LogP contribution in [0.2, 0.25) is 0 Å². The molecule has 20 heavy (non-hydrogen) atoms. The van der Waals surface area contributed by atoms with Gasteiger partial charge in [-0.1, -0.05) is 12.8 Å². The predicted octanol–water partition coefficient (Wildman–Crippen LogP) is 2.10. The molecular formula is C15H21NO4. The lowest BCUT2D eigenvalue weighted by atomic mass is 9.71. The molecule has 1 aliphatic carbocycles. The molecule has 2 N–H and O–H groups in total. The Labute approximate surface area is 118 Å². The summed E-state index contributed by atoms with van der Waals surface area (Å²) in [6.07, 6.45) is 6.52. The van der Waals surface area contributed by atoms with E-state index in [9.17, 15) is 9.90 Å². The van der Waals surface area contributed by atoms with E-state index in [1.807, 2.05) is 0 Å². The summed E-state index contributed by atoms with van der Waals surface area (Å²) in [6.45, 7) is 2.25. The van der Waals surface area contributed by atoms with E-state index in [1.165, 1.54) is 12.7 Å². The number of piperidine rings is 1. The zero-order valence-electron chi connectivity index (χ0n) is 11.5. The number of nitrogens with zero attached hydrogens (tertiary/aromatic N) is 1. The van der Waals surface area contributed by atoms with Crippen molar-refractivity contribution in [1.29, 1.82) is 0 Å². The van der Waals surface area contributed by atoms with Gasteiger partial charge in [-0.25, -0.2) is 4.79 Å². The first-order valence-corrected chi connectivity index (χ1v) is 7.33. The second kappa shape index (κ2) is 5.22. The fraction of sp³-hybridized carbons (Fsp3) is 0.667. The van der Waals surface area contributed by atoms with Gasteiger partial charge in [0.2, 0.25) is 5.76 Å². The number of carbonyl (C=O) groups is 1. The minimum absolute atomic E-state index is 0.0366. The topological polar surface area (TPSA) is 73.9 Å². The standard InChI is InChI=1S/C15H21NO4/c17-14(18)13-11(4-8-20-13)9-16-7-6-15(19)5-2-1-3-12(15)10-16/h4,8,12,19H,1-3,5-7,9-10H2,(H,17,18).